The van der Waals surface area contributed by atoms with Crippen LogP contribution in [0.1, 0.15) is 54.9 Å². The molecule has 0 radical (unpaired) electrons. The Morgan fingerprint density at radius 1 is 1.08 bits per heavy atom. The van der Waals surface area contributed by atoms with Crippen molar-refractivity contribution in [3.05, 3.63) is 35.4 Å². The Kier molecular flexibility index (Phi) is 8.54. The third kappa shape index (κ3) is 6.02. The van der Waals surface area contributed by atoms with Crippen LogP contribution in [0.2, 0.25) is 0 Å². The number of carbonyl (C=O) groups is 2. The van der Waals surface area contributed by atoms with E-state index in [1.165, 1.54) is 14.2 Å². The zero-order chi connectivity index (χ0) is 17.9. The Morgan fingerprint density at radius 2 is 1.75 bits per heavy atom. The standard InChI is InChI=1S/C18H25NO5/c1-5-6-14(11-12-24-19-13(2)17(20)22-3)15-7-9-16(10-8-15)18(21)23-4/h7-10,14H,5-6,11-12H2,1-4H3/b19-13+. The smallest absolute Gasteiger partial charge is 0.355 e. The third-order valence-corrected chi connectivity index (χ3v) is 3.68. The lowest BCUT2D eigenvalue weighted by atomic mass is 9.91. The minimum Gasteiger partial charge on any atom is -0.465 e. The van der Waals surface area contributed by atoms with Gasteiger partial charge >= 0.3 is 11.9 Å². The first kappa shape index (κ1) is 19.7. The van der Waals surface area contributed by atoms with Gasteiger partial charge in [0.2, 0.25) is 0 Å². The van der Waals surface area contributed by atoms with E-state index >= 15 is 0 Å². The summed E-state index contributed by atoms with van der Waals surface area (Å²) in [5, 5.41) is 3.75. The van der Waals surface area contributed by atoms with E-state index in [0.29, 0.717) is 18.1 Å². The van der Waals surface area contributed by atoms with Gasteiger partial charge in [-0.1, -0.05) is 30.6 Å². The molecule has 0 N–H and O–H groups in total. The van der Waals surface area contributed by atoms with E-state index in [2.05, 4.69) is 16.8 Å². The maximum absolute atomic E-state index is 11.5. The first-order valence-corrected chi connectivity index (χ1v) is 7.96. The summed E-state index contributed by atoms with van der Waals surface area (Å²) in [5.41, 5.74) is 1.86. The molecule has 1 unspecified atom stereocenters. The summed E-state index contributed by atoms with van der Waals surface area (Å²) in [5.74, 6) is -0.543. The van der Waals surface area contributed by atoms with Gasteiger partial charge in [0.05, 0.1) is 19.8 Å². The molecule has 1 aromatic rings. The van der Waals surface area contributed by atoms with Crippen molar-refractivity contribution >= 4 is 17.7 Å². The maximum Gasteiger partial charge on any atom is 0.355 e. The molecule has 1 rings (SSSR count). The molecule has 6 nitrogen and oxygen atoms in total. The molecule has 0 aromatic heterocycles. The third-order valence-electron chi connectivity index (χ3n) is 3.68. The molecule has 24 heavy (non-hydrogen) atoms. The number of benzene rings is 1. The molecule has 0 aliphatic carbocycles. The molecule has 1 aromatic carbocycles. The van der Waals surface area contributed by atoms with Crippen molar-refractivity contribution in [3.63, 3.8) is 0 Å². The van der Waals surface area contributed by atoms with Gasteiger partial charge in [0.25, 0.3) is 0 Å². The lowest BCUT2D eigenvalue weighted by Gasteiger charge is -2.16. The van der Waals surface area contributed by atoms with Gasteiger partial charge in [-0.25, -0.2) is 9.59 Å². The molecule has 0 bridgehead atoms. The number of nitrogens with zero attached hydrogens (tertiary/aromatic N) is 1. The average molecular weight is 335 g/mol. The molecule has 6 heteroatoms. The maximum atomic E-state index is 11.5. The summed E-state index contributed by atoms with van der Waals surface area (Å²) in [6, 6.07) is 7.42. The van der Waals surface area contributed by atoms with Gasteiger partial charge in [0, 0.05) is 0 Å². The monoisotopic (exact) mass is 335 g/mol. The molecule has 0 fully saturated rings. The number of carbonyl (C=O) groups excluding carboxylic acids is 2. The molecule has 0 aliphatic rings. The van der Waals surface area contributed by atoms with E-state index in [0.717, 1.165) is 24.8 Å². The Hall–Kier alpha value is -2.37. The predicted octanol–water partition coefficient (Wildman–Crippen LogP) is 3.31. The van der Waals surface area contributed by atoms with E-state index in [-0.39, 0.29) is 11.7 Å². The van der Waals surface area contributed by atoms with Crippen LogP contribution < -0.4 is 0 Å². The lowest BCUT2D eigenvalue weighted by Crippen LogP contribution is -2.12. The highest BCUT2D eigenvalue weighted by Gasteiger charge is 2.13. The van der Waals surface area contributed by atoms with Crippen molar-refractivity contribution in [2.24, 2.45) is 5.16 Å². The van der Waals surface area contributed by atoms with Gasteiger partial charge in [-0.3, -0.25) is 0 Å². The topological polar surface area (TPSA) is 74.2 Å². The van der Waals surface area contributed by atoms with Gasteiger partial charge in [0.15, 0.2) is 5.71 Å². The van der Waals surface area contributed by atoms with Crippen LogP contribution >= 0.6 is 0 Å². The van der Waals surface area contributed by atoms with E-state index < -0.39 is 5.97 Å². The highest BCUT2D eigenvalue weighted by atomic mass is 16.6. The Morgan fingerprint density at radius 3 is 2.29 bits per heavy atom. The molecule has 1 atom stereocenters. The van der Waals surface area contributed by atoms with Crippen molar-refractivity contribution < 1.29 is 23.9 Å². The number of methoxy groups -OCH3 is 2. The van der Waals surface area contributed by atoms with Gasteiger partial charge in [-0.05, 0) is 43.4 Å². The molecule has 0 aliphatic heterocycles. The molecule has 0 amide bonds. The zero-order valence-electron chi connectivity index (χ0n) is 14.7. The first-order valence-electron chi connectivity index (χ1n) is 7.96. The Bertz CT molecular complexity index is 565. The second-order valence-electron chi connectivity index (χ2n) is 5.39. The van der Waals surface area contributed by atoms with Crippen LogP contribution in [0.4, 0.5) is 0 Å². The molecular weight excluding hydrogens is 310 g/mol. The molecule has 0 saturated heterocycles. The van der Waals surface area contributed by atoms with Crippen molar-refractivity contribution in [1.29, 1.82) is 0 Å². The second-order valence-corrected chi connectivity index (χ2v) is 5.39. The number of rotatable bonds is 9. The van der Waals surface area contributed by atoms with Crippen LogP contribution in [-0.4, -0.2) is 38.5 Å². The van der Waals surface area contributed by atoms with E-state index in [9.17, 15) is 9.59 Å². The Labute approximate surface area is 142 Å². The van der Waals surface area contributed by atoms with Crippen LogP contribution in [-0.2, 0) is 19.1 Å². The number of hydrogen-bond acceptors (Lipinski definition) is 6. The van der Waals surface area contributed by atoms with Crippen LogP contribution in [0.3, 0.4) is 0 Å². The predicted molar refractivity (Wildman–Crippen MR) is 91.1 cm³/mol. The molecule has 0 spiro atoms. The van der Waals surface area contributed by atoms with Crippen LogP contribution in [0.25, 0.3) is 0 Å². The number of ether oxygens (including phenoxy) is 2. The van der Waals surface area contributed by atoms with Gasteiger partial charge in [0.1, 0.15) is 6.61 Å². The largest absolute Gasteiger partial charge is 0.465 e. The Balaban J connectivity index is 2.64. The van der Waals surface area contributed by atoms with Crippen molar-refractivity contribution in [2.75, 3.05) is 20.8 Å². The second kappa shape index (κ2) is 10.4. The fourth-order valence-corrected chi connectivity index (χ4v) is 2.36. The van der Waals surface area contributed by atoms with Crippen molar-refractivity contribution in [3.8, 4) is 0 Å². The van der Waals surface area contributed by atoms with Crippen LogP contribution in [0.15, 0.2) is 29.4 Å². The van der Waals surface area contributed by atoms with Gasteiger partial charge < -0.3 is 14.3 Å². The van der Waals surface area contributed by atoms with E-state index in [1.807, 2.05) is 12.1 Å². The first-order chi connectivity index (χ1) is 11.5. The molecular formula is C18H25NO5. The molecule has 0 heterocycles. The van der Waals surface area contributed by atoms with E-state index in [1.54, 1.807) is 19.1 Å². The summed E-state index contributed by atoms with van der Waals surface area (Å²) in [6.45, 7) is 4.06. The number of hydrogen-bond donors (Lipinski definition) is 0. The summed E-state index contributed by atoms with van der Waals surface area (Å²) in [6.07, 6.45) is 2.80. The minimum absolute atomic E-state index is 0.187. The minimum atomic E-state index is -0.501. The van der Waals surface area contributed by atoms with Crippen molar-refractivity contribution in [2.45, 2.75) is 39.0 Å². The van der Waals surface area contributed by atoms with Gasteiger partial charge in [-0.2, -0.15) is 0 Å². The zero-order valence-corrected chi connectivity index (χ0v) is 14.7. The fraction of sp³-hybridized carbons (Fsp3) is 0.500. The summed E-state index contributed by atoms with van der Waals surface area (Å²) < 4.78 is 9.25. The van der Waals surface area contributed by atoms with E-state index in [4.69, 9.17) is 9.57 Å². The molecule has 0 saturated carbocycles. The van der Waals surface area contributed by atoms with Crippen LogP contribution in [0, 0.1) is 0 Å². The number of esters is 2. The average Bonchev–Trinajstić information content (AvgIpc) is 2.62. The summed E-state index contributed by atoms with van der Waals surface area (Å²) in [4.78, 5) is 27.9. The quantitative estimate of drug-likeness (QED) is 0.299. The lowest BCUT2D eigenvalue weighted by molar-refractivity contribution is -0.133. The highest BCUT2D eigenvalue weighted by molar-refractivity contribution is 6.35. The van der Waals surface area contributed by atoms with Crippen molar-refractivity contribution in [1.82, 2.24) is 0 Å². The highest BCUT2D eigenvalue weighted by Crippen LogP contribution is 2.25. The summed E-state index contributed by atoms with van der Waals surface area (Å²) in [7, 11) is 2.67. The van der Waals surface area contributed by atoms with Gasteiger partial charge in [-0.15, -0.1) is 0 Å². The fourth-order valence-electron chi connectivity index (χ4n) is 2.36. The summed E-state index contributed by atoms with van der Waals surface area (Å²) >= 11 is 0. The molecule has 132 valence electrons. The normalized spacial score (nSPS) is 12.4. The van der Waals surface area contributed by atoms with Crippen LogP contribution in [0.5, 0.6) is 0 Å². The SMILES string of the molecule is CCCC(CCO/N=C(\C)C(=O)OC)c1ccc(C(=O)OC)cc1. The number of oxime groups is 1.